The molecule has 0 atom stereocenters. The summed E-state index contributed by atoms with van der Waals surface area (Å²) in [5, 5.41) is 7.95. The molecule has 2 saturated carbocycles. The van der Waals surface area contributed by atoms with E-state index in [-0.39, 0.29) is 0 Å². The van der Waals surface area contributed by atoms with E-state index in [1.807, 2.05) is 16.8 Å². The Morgan fingerprint density at radius 3 is 2.59 bits per heavy atom. The van der Waals surface area contributed by atoms with Crippen LogP contribution in [0.15, 0.2) is 36.8 Å². The van der Waals surface area contributed by atoms with Crippen LogP contribution in [0.2, 0.25) is 0 Å². The Balaban J connectivity index is 1.36. The van der Waals surface area contributed by atoms with E-state index in [0.29, 0.717) is 17.9 Å². The maximum atomic E-state index is 6.17. The van der Waals surface area contributed by atoms with Crippen LogP contribution in [-0.4, -0.2) is 27.4 Å². The van der Waals surface area contributed by atoms with Gasteiger partial charge < -0.3 is 5.32 Å². The minimum Gasteiger partial charge on any atom is -0.366 e. The van der Waals surface area contributed by atoms with Crippen LogP contribution in [0.1, 0.15) is 68.5 Å². The highest BCUT2D eigenvalue weighted by molar-refractivity contribution is 6.36. The van der Waals surface area contributed by atoms with Gasteiger partial charge in [-0.25, -0.2) is 4.98 Å². The quantitative estimate of drug-likeness (QED) is 0.675. The average Bonchev–Trinajstić information content (AvgIpc) is 3.44. The van der Waals surface area contributed by atoms with E-state index in [1.165, 1.54) is 51.4 Å². The summed E-state index contributed by atoms with van der Waals surface area (Å²) in [6.45, 7) is 0.695. The second-order valence-corrected chi connectivity index (χ2v) is 8.77. The van der Waals surface area contributed by atoms with E-state index in [1.54, 1.807) is 12.4 Å². The lowest BCUT2D eigenvalue weighted by molar-refractivity contribution is 0.234. The normalized spacial score (nSPS) is 22.9. The van der Waals surface area contributed by atoms with Crippen LogP contribution in [-0.2, 0) is 6.54 Å². The first kappa shape index (κ1) is 18.7. The van der Waals surface area contributed by atoms with Gasteiger partial charge in [0.05, 0.1) is 0 Å². The summed E-state index contributed by atoms with van der Waals surface area (Å²) in [5.41, 5.74) is 3.68. The Hall–Kier alpha value is -2.37. The van der Waals surface area contributed by atoms with Crippen LogP contribution in [0.5, 0.6) is 0 Å². The molecule has 6 heteroatoms. The third-order valence-corrected chi connectivity index (χ3v) is 6.97. The first-order chi connectivity index (χ1) is 14.3. The van der Waals surface area contributed by atoms with Gasteiger partial charge in [-0.05, 0) is 54.6 Å². The van der Waals surface area contributed by atoms with Gasteiger partial charge in [0.2, 0.25) is 0 Å². The maximum absolute atomic E-state index is 6.17. The molecule has 0 aliphatic heterocycles. The van der Waals surface area contributed by atoms with Crippen molar-refractivity contribution in [3.63, 3.8) is 0 Å². The number of hydrogen-bond donors (Lipinski definition) is 1. The van der Waals surface area contributed by atoms with Crippen molar-refractivity contribution in [2.45, 2.75) is 63.8 Å². The Labute approximate surface area is 173 Å². The molecule has 0 bridgehead atoms. The van der Waals surface area contributed by atoms with Gasteiger partial charge in [0.25, 0.3) is 0 Å². The SMILES string of the molecule is [B]c1cnn2c(NCc3cccnc3)cc(C3CCC(C4CCCC4)CC3)nc12. The molecule has 2 fully saturated rings. The molecular weight excluding hydrogens is 357 g/mol. The standard InChI is InChI=1S/C23H28BN5/c24-20-15-27-29-22(26-14-16-4-3-11-25-13-16)12-21(28-23(20)29)19-9-7-18(8-10-19)17-5-1-2-6-17/h3-4,11-13,15,17-19,26H,1-2,5-10,14H2. The molecule has 5 rings (SSSR count). The molecule has 0 unspecified atom stereocenters. The molecule has 5 nitrogen and oxygen atoms in total. The number of nitrogens with one attached hydrogen (secondary N) is 1. The lowest BCUT2D eigenvalue weighted by Gasteiger charge is -2.32. The molecule has 2 aliphatic carbocycles. The minimum absolute atomic E-state index is 0.519. The van der Waals surface area contributed by atoms with Crippen molar-refractivity contribution in [1.82, 2.24) is 19.6 Å². The van der Waals surface area contributed by atoms with Crippen molar-refractivity contribution in [2.24, 2.45) is 11.8 Å². The van der Waals surface area contributed by atoms with Crippen molar-refractivity contribution in [3.8, 4) is 0 Å². The first-order valence-electron chi connectivity index (χ1n) is 11.0. The van der Waals surface area contributed by atoms with E-state index in [2.05, 4.69) is 27.5 Å². The number of aromatic nitrogens is 4. The van der Waals surface area contributed by atoms with Crippen LogP contribution in [0.4, 0.5) is 5.82 Å². The largest absolute Gasteiger partial charge is 0.366 e. The number of nitrogens with zero attached hydrogens (tertiary/aromatic N) is 4. The summed E-state index contributed by atoms with van der Waals surface area (Å²) in [6.07, 6.45) is 16.3. The molecular formula is C23H28BN5. The van der Waals surface area contributed by atoms with Crippen molar-refractivity contribution in [2.75, 3.05) is 5.32 Å². The Morgan fingerprint density at radius 2 is 1.83 bits per heavy atom. The lowest BCUT2D eigenvalue weighted by Crippen LogP contribution is -2.20. The maximum Gasteiger partial charge on any atom is 0.150 e. The summed E-state index contributed by atoms with van der Waals surface area (Å²) < 4.78 is 1.82. The van der Waals surface area contributed by atoms with E-state index < -0.39 is 0 Å². The number of anilines is 1. The zero-order chi connectivity index (χ0) is 19.6. The number of rotatable bonds is 5. The first-order valence-corrected chi connectivity index (χ1v) is 11.0. The minimum atomic E-state index is 0.519. The summed E-state index contributed by atoms with van der Waals surface area (Å²) in [4.78, 5) is 9.12. The lowest BCUT2D eigenvalue weighted by atomic mass is 9.74. The Kier molecular flexibility index (Phi) is 5.25. The van der Waals surface area contributed by atoms with Crippen LogP contribution in [0.3, 0.4) is 0 Å². The highest BCUT2D eigenvalue weighted by Crippen LogP contribution is 2.43. The van der Waals surface area contributed by atoms with Crippen LogP contribution in [0, 0.1) is 11.8 Å². The van der Waals surface area contributed by atoms with E-state index in [9.17, 15) is 0 Å². The zero-order valence-corrected chi connectivity index (χ0v) is 16.9. The topological polar surface area (TPSA) is 55.1 Å². The number of pyridine rings is 1. The molecule has 1 N–H and O–H groups in total. The summed E-state index contributed by atoms with van der Waals surface area (Å²) in [5.74, 6) is 3.38. The highest BCUT2D eigenvalue weighted by atomic mass is 15.3. The smallest absolute Gasteiger partial charge is 0.150 e. The van der Waals surface area contributed by atoms with Gasteiger partial charge in [-0.15, -0.1) is 0 Å². The van der Waals surface area contributed by atoms with Gasteiger partial charge in [0.15, 0.2) is 0 Å². The third kappa shape index (κ3) is 3.89. The van der Waals surface area contributed by atoms with Crippen LogP contribution >= 0.6 is 0 Å². The van der Waals surface area contributed by atoms with Gasteiger partial charge in [0, 0.05) is 42.8 Å². The molecule has 0 amide bonds. The fourth-order valence-electron chi connectivity index (χ4n) is 5.34. The second-order valence-electron chi connectivity index (χ2n) is 8.77. The van der Waals surface area contributed by atoms with Crippen molar-refractivity contribution < 1.29 is 0 Å². The summed E-state index contributed by atoms with van der Waals surface area (Å²) >= 11 is 0. The molecule has 2 radical (unpaired) electrons. The van der Waals surface area contributed by atoms with Crippen LogP contribution < -0.4 is 10.8 Å². The molecule has 3 heterocycles. The van der Waals surface area contributed by atoms with E-state index in [0.717, 1.165) is 34.6 Å². The molecule has 29 heavy (non-hydrogen) atoms. The van der Waals surface area contributed by atoms with Gasteiger partial charge in [-0.1, -0.05) is 31.7 Å². The molecule has 0 spiro atoms. The Bertz CT molecular complexity index is 956. The molecule has 0 saturated heterocycles. The monoisotopic (exact) mass is 385 g/mol. The van der Waals surface area contributed by atoms with E-state index >= 15 is 0 Å². The average molecular weight is 385 g/mol. The predicted molar refractivity (Wildman–Crippen MR) is 117 cm³/mol. The fraction of sp³-hybridized carbons (Fsp3) is 0.522. The van der Waals surface area contributed by atoms with Gasteiger partial charge in [-0.2, -0.15) is 9.61 Å². The summed E-state index contributed by atoms with van der Waals surface area (Å²) in [6, 6.07) is 6.21. The van der Waals surface area contributed by atoms with Crippen molar-refractivity contribution in [1.29, 1.82) is 0 Å². The predicted octanol–water partition coefficient (Wildman–Crippen LogP) is 3.99. The molecule has 3 aromatic rings. The van der Waals surface area contributed by atoms with Gasteiger partial charge >= 0.3 is 0 Å². The Morgan fingerprint density at radius 1 is 1.03 bits per heavy atom. The van der Waals surface area contributed by atoms with Crippen molar-refractivity contribution >= 4 is 24.8 Å². The van der Waals surface area contributed by atoms with Gasteiger partial charge in [0.1, 0.15) is 19.3 Å². The molecule has 0 aromatic carbocycles. The number of hydrogen-bond acceptors (Lipinski definition) is 4. The van der Waals surface area contributed by atoms with E-state index in [4.69, 9.17) is 12.8 Å². The summed E-state index contributed by atoms with van der Waals surface area (Å²) in [7, 11) is 6.17. The zero-order valence-electron chi connectivity index (χ0n) is 16.9. The number of fused-ring (bicyclic) bond motifs is 1. The third-order valence-electron chi connectivity index (χ3n) is 6.97. The fourth-order valence-corrected chi connectivity index (χ4v) is 5.34. The second kappa shape index (κ2) is 8.17. The molecule has 2 aliphatic rings. The van der Waals surface area contributed by atoms with Gasteiger partial charge in [-0.3, -0.25) is 4.98 Å². The molecule has 148 valence electrons. The van der Waals surface area contributed by atoms with Crippen molar-refractivity contribution in [3.05, 3.63) is 48.0 Å². The van der Waals surface area contributed by atoms with Crippen LogP contribution in [0.25, 0.3) is 5.65 Å². The highest BCUT2D eigenvalue weighted by Gasteiger charge is 2.30. The molecule has 3 aromatic heterocycles.